The van der Waals surface area contributed by atoms with E-state index in [4.69, 9.17) is 0 Å². The Balaban J connectivity index is 2.21. The van der Waals surface area contributed by atoms with Gasteiger partial charge in [-0.25, -0.2) is 4.68 Å². The SMILES string of the molecule is CCn1nc(C)c([N+](=O)[O-])c1NCC1(CC)CCC1. The predicted octanol–water partition coefficient (Wildman–Crippen LogP) is 3.11. The summed E-state index contributed by atoms with van der Waals surface area (Å²) in [5, 5.41) is 18.7. The first-order valence-corrected chi connectivity index (χ1v) is 6.98. The van der Waals surface area contributed by atoms with Gasteiger partial charge in [0.15, 0.2) is 0 Å². The summed E-state index contributed by atoms with van der Waals surface area (Å²) >= 11 is 0. The van der Waals surface area contributed by atoms with E-state index in [1.165, 1.54) is 19.3 Å². The fraction of sp³-hybridized carbons (Fsp3) is 0.769. The summed E-state index contributed by atoms with van der Waals surface area (Å²) in [6.07, 6.45) is 4.81. The van der Waals surface area contributed by atoms with Crippen molar-refractivity contribution in [1.29, 1.82) is 0 Å². The van der Waals surface area contributed by atoms with Gasteiger partial charge in [0, 0.05) is 13.1 Å². The molecular formula is C13H22N4O2. The summed E-state index contributed by atoms with van der Waals surface area (Å²) in [5.41, 5.74) is 0.922. The van der Waals surface area contributed by atoms with Gasteiger partial charge in [0.25, 0.3) is 0 Å². The average Bonchev–Trinajstić information content (AvgIpc) is 2.65. The highest BCUT2D eigenvalue weighted by Gasteiger charge is 2.36. The minimum absolute atomic E-state index is 0.118. The van der Waals surface area contributed by atoms with Crippen LogP contribution < -0.4 is 5.32 Å². The maximum Gasteiger partial charge on any atom is 0.333 e. The van der Waals surface area contributed by atoms with E-state index < -0.39 is 0 Å². The van der Waals surface area contributed by atoms with Gasteiger partial charge in [-0.2, -0.15) is 5.10 Å². The minimum Gasteiger partial charge on any atom is -0.364 e. The maximum atomic E-state index is 11.2. The van der Waals surface area contributed by atoms with Gasteiger partial charge < -0.3 is 5.32 Å². The van der Waals surface area contributed by atoms with Crippen LogP contribution in [0.1, 0.15) is 45.2 Å². The first-order chi connectivity index (χ1) is 9.03. The Labute approximate surface area is 113 Å². The third-order valence-electron chi connectivity index (χ3n) is 4.37. The number of aromatic nitrogens is 2. The highest BCUT2D eigenvalue weighted by molar-refractivity contribution is 5.59. The van der Waals surface area contributed by atoms with Gasteiger partial charge in [0.1, 0.15) is 5.69 Å². The Morgan fingerprint density at radius 1 is 1.47 bits per heavy atom. The number of rotatable bonds is 6. The van der Waals surface area contributed by atoms with E-state index in [-0.39, 0.29) is 10.6 Å². The quantitative estimate of drug-likeness (QED) is 0.634. The zero-order chi connectivity index (χ0) is 14.0. The summed E-state index contributed by atoms with van der Waals surface area (Å²) in [4.78, 5) is 10.8. The highest BCUT2D eigenvalue weighted by Crippen LogP contribution is 2.44. The smallest absolute Gasteiger partial charge is 0.333 e. The first-order valence-electron chi connectivity index (χ1n) is 6.98. The Morgan fingerprint density at radius 2 is 2.16 bits per heavy atom. The topological polar surface area (TPSA) is 73.0 Å². The predicted molar refractivity (Wildman–Crippen MR) is 74.4 cm³/mol. The van der Waals surface area contributed by atoms with Crippen LogP contribution >= 0.6 is 0 Å². The van der Waals surface area contributed by atoms with Gasteiger partial charge in [-0.15, -0.1) is 0 Å². The van der Waals surface area contributed by atoms with Gasteiger partial charge in [-0.1, -0.05) is 13.3 Å². The molecule has 0 spiro atoms. The van der Waals surface area contributed by atoms with Crippen LogP contribution in [0, 0.1) is 22.5 Å². The van der Waals surface area contributed by atoms with Crippen molar-refractivity contribution in [1.82, 2.24) is 9.78 Å². The summed E-state index contributed by atoms with van der Waals surface area (Å²) in [5.74, 6) is 0.560. The van der Waals surface area contributed by atoms with Gasteiger partial charge in [0.2, 0.25) is 5.82 Å². The van der Waals surface area contributed by atoms with Crippen LogP contribution in [0.5, 0.6) is 0 Å². The molecule has 1 N–H and O–H groups in total. The molecule has 106 valence electrons. The fourth-order valence-electron chi connectivity index (χ4n) is 2.80. The molecule has 2 rings (SSSR count). The molecule has 1 saturated carbocycles. The van der Waals surface area contributed by atoms with E-state index in [9.17, 15) is 10.1 Å². The van der Waals surface area contributed by atoms with Crippen molar-refractivity contribution in [2.24, 2.45) is 5.41 Å². The monoisotopic (exact) mass is 266 g/mol. The number of aryl methyl sites for hydroxylation is 2. The summed E-state index contributed by atoms with van der Waals surface area (Å²) in [6.45, 7) is 7.26. The third-order valence-corrected chi connectivity index (χ3v) is 4.37. The Bertz CT molecular complexity index is 472. The fourth-order valence-corrected chi connectivity index (χ4v) is 2.80. The van der Waals surface area contributed by atoms with Crippen LogP contribution in [0.4, 0.5) is 11.5 Å². The molecule has 1 aliphatic rings. The van der Waals surface area contributed by atoms with Crippen molar-refractivity contribution in [3.8, 4) is 0 Å². The largest absolute Gasteiger partial charge is 0.364 e. The molecule has 1 aromatic heterocycles. The Kier molecular flexibility index (Phi) is 3.78. The Morgan fingerprint density at radius 3 is 2.58 bits per heavy atom. The maximum absolute atomic E-state index is 11.2. The van der Waals surface area contributed by atoms with Crippen LogP contribution in [0.2, 0.25) is 0 Å². The molecule has 1 aliphatic carbocycles. The molecule has 0 aromatic carbocycles. The van der Waals surface area contributed by atoms with Crippen molar-refractivity contribution >= 4 is 11.5 Å². The molecule has 0 saturated heterocycles. The molecule has 6 nitrogen and oxygen atoms in total. The third kappa shape index (κ3) is 2.43. The van der Waals surface area contributed by atoms with E-state index in [0.29, 0.717) is 23.5 Å². The molecule has 0 aliphatic heterocycles. The number of hydrogen-bond acceptors (Lipinski definition) is 4. The lowest BCUT2D eigenvalue weighted by atomic mass is 9.67. The molecule has 19 heavy (non-hydrogen) atoms. The standard InChI is InChI=1S/C13H22N4O2/c1-4-13(7-6-8-13)9-14-12-11(17(18)19)10(3)15-16(12)5-2/h14H,4-9H2,1-3H3. The number of anilines is 1. The van der Waals surface area contributed by atoms with Gasteiger partial charge in [-0.05, 0) is 38.5 Å². The second-order valence-electron chi connectivity index (χ2n) is 5.42. The molecular weight excluding hydrogens is 244 g/mol. The van der Waals surface area contributed by atoms with Crippen LogP contribution in [0.15, 0.2) is 0 Å². The van der Waals surface area contributed by atoms with Crippen LogP contribution in [-0.2, 0) is 6.54 Å². The van der Waals surface area contributed by atoms with Crippen molar-refractivity contribution in [3.05, 3.63) is 15.8 Å². The van der Waals surface area contributed by atoms with Crippen LogP contribution in [-0.4, -0.2) is 21.2 Å². The van der Waals surface area contributed by atoms with Gasteiger partial charge >= 0.3 is 5.69 Å². The highest BCUT2D eigenvalue weighted by atomic mass is 16.6. The molecule has 1 fully saturated rings. The van der Waals surface area contributed by atoms with Crippen molar-refractivity contribution in [2.75, 3.05) is 11.9 Å². The van der Waals surface area contributed by atoms with E-state index in [0.717, 1.165) is 13.0 Å². The number of nitrogens with zero attached hydrogens (tertiary/aromatic N) is 3. The molecule has 6 heteroatoms. The molecule has 0 unspecified atom stereocenters. The lowest BCUT2D eigenvalue weighted by Crippen LogP contribution is -2.36. The zero-order valence-electron chi connectivity index (χ0n) is 11.9. The lowest BCUT2D eigenvalue weighted by Gasteiger charge is -2.41. The molecule has 0 amide bonds. The molecule has 0 radical (unpaired) electrons. The van der Waals surface area contributed by atoms with E-state index in [1.807, 2.05) is 6.92 Å². The molecule has 0 atom stereocenters. The van der Waals surface area contributed by atoms with Gasteiger partial charge in [0.05, 0.1) is 4.92 Å². The number of hydrogen-bond donors (Lipinski definition) is 1. The second kappa shape index (κ2) is 5.19. The summed E-state index contributed by atoms with van der Waals surface area (Å²) < 4.78 is 1.69. The van der Waals surface area contributed by atoms with Gasteiger partial charge in [-0.3, -0.25) is 10.1 Å². The van der Waals surface area contributed by atoms with Crippen molar-refractivity contribution in [3.63, 3.8) is 0 Å². The first kappa shape index (κ1) is 13.8. The molecule has 1 aromatic rings. The Hall–Kier alpha value is -1.59. The summed E-state index contributed by atoms with van der Waals surface area (Å²) in [7, 11) is 0. The van der Waals surface area contributed by atoms with Crippen LogP contribution in [0.3, 0.4) is 0 Å². The lowest BCUT2D eigenvalue weighted by molar-refractivity contribution is -0.384. The van der Waals surface area contributed by atoms with Crippen molar-refractivity contribution in [2.45, 2.75) is 53.0 Å². The van der Waals surface area contributed by atoms with E-state index in [2.05, 4.69) is 17.3 Å². The summed E-state index contributed by atoms with van der Waals surface area (Å²) in [6, 6.07) is 0. The average molecular weight is 266 g/mol. The zero-order valence-corrected chi connectivity index (χ0v) is 11.9. The van der Waals surface area contributed by atoms with E-state index in [1.54, 1.807) is 11.6 Å². The molecule has 1 heterocycles. The second-order valence-corrected chi connectivity index (χ2v) is 5.42. The minimum atomic E-state index is -0.337. The van der Waals surface area contributed by atoms with Crippen molar-refractivity contribution < 1.29 is 4.92 Å². The van der Waals surface area contributed by atoms with Crippen LogP contribution in [0.25, 0.3) is 0 Å². The number of nitrogens with one attached hydrogen (secondary N) is 1. The molecule has 0 bridgehead atoms. The number of nitro groups is 1. The normalized spacial score (nSPS) is 17.0. The van der Waals surface area contributed by atoms with E-state index >= 15 is 0 Å².